The summed E-state index contributed by atoms with van der Waals surface area (Å²) in [5.74, 6) is 0. The van der Waals surface area contributed by atoms with Gasteiger partial charge in [0.2, 0.25) is 0 Å². The van der Waals surface area contributed by atoms with Crippen LogP contribution in [0.25, 0.3) is 0 Å². The molecular weight excluding hydrogens is 326 g/mol. The first-order chi connectivity index (χ1) is 10.1. The average Bonchev–Trinajstić information content (AvgIpc) is 2.48. The van der Waals surface area contributed by atoms with Crippen molar-refractivity contribution in [3.63, 3.8) is 0 Å². The molecule has 4 heteroatoms. The SMILES string of the molecule is CCNC(C)c1ccc(Br)cc1N(C)Cc1ccccn1. The molecule has 1 heterocycles. The minimum absolute atomic E-state index is 0.323. The number of aromatic nitrogens is 1. The lowest BCUT2D eigenvalue weighted by Crippen LogP contribution is -2.23. The molecule has 0 aliphatic heterocycles. The molecule has 0 saturated carbocycles. The Balaban J connectivity index is 2.26. The van der Waals surface area contributed by atoms with Gasteiger partial charge < -0.3 is 10.2 Å². The maximum Gasteiger partial charge on any atom is 0.0598 e. The number of anilines is 1. The summed E-state index contributed by atoms with van der Waals surface area (Å²) in [4.78, 5) is 6.65. The molecule has 2 aromatic rings. The van der Waals surface area contributed by atoms with Crippen molar-refractivity contribution < 1.29 is 0 Å². The number of rotatable bonds is 6. The van der Waals surface area contributed by atoms with Gasteiger partial charge in [0, 0.05) is 29.4 Å². The summed E-state index contributed by atoms with van der Waals surface area (Å²) in [5, 5.41) is 3.48. The normalized spacial score (nSPS) is 12.2. The van der Waals surface area contributed by atoms with Crippen LogP contribution in [0.1, 0.15) is 31.1 Å². The van der Waals surface area contributed by atoms with Crippen LogP contribution in [0.5, 0.6) is 0 Å². The predicted octanol–water partition coefficient (Wildman–Crippen LogP) is 4.15. The number of nitrogens with one attached hydrogen (secondary N) is 1. The van der Waals surface area contributed by atoms with Gasteiger partial charge in [0.25, 0.3) is 0 Å². The highest BCUT2D eigenvalue weighted by molar-refractivity contribution is 9.10. The third kappa shape index (κ3) is 4.29. The molecule has 1 unspecified atom stereocenters. The molecule has 0 fully saturated rings. The molecule has 3 nitrogen and oxygen atoms in total. The summed E-state index contributed by atoms with van der Waals surface area (Å²) in [7, 11) is 2.11. The first-order valence-corrected chi connectivity index (χ1v) is 8.05. The zero-order valence-corrected chi connectivity index (χ0v) is 14.4. The minimum Gasteiger partial charge on any atom is -0.368 e. The first kappa shape index (κ1) is 16.0. The maximum absolute atomic E-state index is 4.41. The molecule has 0 aliphatic carbocycles. The molecule has 0 radical (unpaired) electrons. The van der Waals surface area contributed by atoms with Crippen molar-refractivity contribution in [2.24, 2.45) is 0 Å². The van der Waals surface area contributed by atoms with E-state index in [1.807, 2.05) is 18.3 Å². The molecule has 0 bridgehead atoms. The standard InChI is InChI=1S/C17H22BrN3/c1-4-19-13(2)16-9-8-14(18)11-17(16)21(3)12-15-7-5-6-10-20-15/h5-11,13,19H,4,12H2,1-3H3. The fourth-order valence-electron chi connectivity index (χ4n) is 2.45. The summed E-state index contributed by atoms with van der Waals surface area (Å²) in [6.45, 7) is 6.08. The Labute approximate surface area is 135 Å². The van der Waals surface area contributed by atoms with Gasteiger partial charge in [-0.2, -0.15) is 0 Å². The van der Waals surface area contributed by atoms with E-state index < -0.39 is 0 Å². The second kappa shape index (κ2) is 7.57. The molecule has 112 valence electrons. The minimum atomic E-state index is 0.323. The van der Waals surface area contributed by atoms with Gasteiger partial charge in [0.1, 0.15) is 0 Å². The highest BCUT2D eigenvalue weighted by atomic mass is 79.9. The molecule has 2 rings (SSSR count). The molecule has 1 aromatic carbocycles. The van der Waals surface area contributed by atoms with Gasteiger partial charge in [-0.05, 0) is 43.3 Å². The Morgan fingerprint density at radius 2 is 2.10 bits per heavy atom. The number of hydrogen-bond acceptors (Lipinski definition) is 3. The lowest BCUT2D eigenvalue weighted by atomic mass is 10.1. The number of hydrogen-bond donors (Lipinski definition) is 1. The van der Waals surface area contributed by atoms with E-state index in [0.29, 0.717) is 6.04 Å². The summed E-state index contributed by atoms with van der Waals surface area (Å²) < 4.78 is 1.10. The van der Waals surface area contributed by atoms with Crippen LogP contribution in [-0.2, 0) is 6.54 Å². The van der Waals surface area contributed by atoms with E-state index in [2.05, 4.69) is 76.3 Å². The second-order valence-electron chi connectivity index (χ2n) is 5.16. The van der Waals surface area contributed by atoms with Crippen LogP contribution in [0.3, 0.4) is 0 Å². The van der Waals surface area contributed by atoms with Crippen molar-refractivity contribution >= 4 is 21.6 Å². The van der Waals surface area contributed by atoms with Crippen LogP contribution >= 0.6 is 15.9 Å². The van der Waals surface area contributed by atoms with E-state index in [-0.39, 0.29) is 0 Å². The predicted molar refractivity (Wildman–Crippen MR) is 92.6 cm³/mol. The molecule has 0 saturated heterocycles. The Kier molecular flexibility index (Phi) is 5.76. The van der Waals surface area contributed by atoms with Crippen LogP contribution in [0.15, 0.2) is 47.1 Å². The van der Waals surface area contributed by atoms with E-state index >= 15 is 0 Å². The van der Waals surface area contributed by atoms with Crippen molar-refractivity contribution in [1.82, 2.24) is 10.3 Å². The van der Waals surface area contributed by atoms with Crippen molar-refractivity contribution in [1.29, 1.82) is 0 Å². The Bertz CT molecular complexity index is 572. The zero-order chi connectivity index (χ0) is 15.2. The van der Waals surface area contributed by atoms with Crippen molar-refractivity contribution in [2.75, 3.05) is 18.5 Å². The highest BCUT2D eigenvalue weighted by Gasteiger charge is 2.14. The summed E-state index contributed by atoms with van der Waals surface area (Å²) in [6, 6.07) is 12.8. The molecule has 0 spiro atoms. The maximum atomic E-state index is 4.41. The van der Waals surface area contributed by atoms with Gasteiger partial charge in [-0.25, -0.2) is 0 Å². The number of pyridine rings is 1. The molecule has 21 heavy (non-hydrogen) atoms. The van der Waals surface area contributed by atoms with Crippen LogP contribution in [-0.4, -0.2) is 18.6 Å². The number of halogens is 1. The number of nitrogens with zero attached hydrogens (tertiary/aromatic N) is 2. The largest absolute Gasteiger partial charge is 0.368 e. The van der Waals surface area contributed by atoms with Gasteiger partial charge in [-0.15, -0.1) is 0 Å². The van der Waals surface area contributed by atoms with Crippen LogP contribution in [0, 0.1) is 0 Å². The van der Waals surface area contributed by atoms with Gasteiger partial charge >= 0.3 is 0 Å². The van der Waals surface area contributed by atoms with Gasteiger partial charge in [-0.1, -0.05) is 35.0 Å². The lowest BCUT2D eigenvalue weighted by Gasteiger charge is -2.25. The molecule has 0 aliphatic rings. The third-order valence-corrected chi connectivity index (χ3v) is 4.00. The van der Waals surface area contributed by atoms with Crippen LogP contribution < -0.4 is 10.2 Å². The van der Waals surface area contributed by atoms with E-state index in [1.54, 1.807) is 0 Å². The molecule has 0 amide bonds. The topological polar surface area (TPSA) is 28.2 Å². The number of benzene rings is 1. The van der Waals surface area contributed by atoms with Crippen LogP contribution in [0.2, 0.25) is 0 Å². The molecular formula is C17H22BrN3. The fourth-order valence-corrected chi connectivity index (χ4v) is 2.80. The Hall–Kier alpha value is -1.39. The molecule has 1 N–H and O–H groups in total. The average molecular weight is 348 g/mol. The van der Waals surface area contributed by atoms with E-state index in [4.69, 9.17) is 0 Å². The smallest absolute Gasteiger partial charge is 0.0598 e. The molecule has 1 aromatic heterocycles. The molecule has 1 atom stereocenters. The first-order valence-electron chi connectivity index (χ1n) is 7.25. The second-order valence-corrected chi connectivity index (χ2v) is 6.08. The summed E-state index contributed by atoms with van der Waals surface area (Å²) in [6.07, 6.45) is 1.84. The van der Waals surface area contributed by atoms with Crippen molar-refractivity contribution in [3.05, 3.63) is 58.3 Å². The van der Waals surface area contributed by atoms with E-state index in [9.17, 15) is 0 Å². The van der Waals surface area contributed by atoms with E-state index in [0.717, 1.165) is 23.3 Å². The van der Waals surface area contributed by atoms with Gasteiger partial charge in [0.05, 0.1) is 12.2 Å². The van der Waals surface area contributed by atoms with Crippen molar-refractivity contribution in [2.45, 2.75) is 26.4 Å². The van der Waals surface area contributed by atoms with Crippen molar-refractivity contribution in [3.8, 4) is 0 Å². The Morgan fingerprint density at radius 3 is 2.76 bits per heavy atom. The Morgan fingerprint density at radius 1 is 1.29 bits per heavy atom. The van der Waals surface area contributed by atoms with Crippen LogP contribution in [0.4, 0.5) is 5.69 Å². The summed E-state index contributed by atoms with van der Waals surface area (Å²) in [5.41, 5.74) is 3.60. The van der Waals surface area contributed by atoms with Gasteiger partial charge in [-0.3, -0.25) is 4.98 Å². The van der Waals surface area contributed by atoms with E-state index in [1.165, 1.54) is 11.3 Å². The third-order valence-electron chi connectivity index (χ3n) is 3.51. The summed E-state index contributed by atoms with van der Waals surface area (Å²) >= 11 is 3.58. The fraction of sp³-hybridized carbons (Fsp3) is 0.353. The monoisotopic (exact) mass is 347 g/mol. The lowest BCUT2D eigenvalue weighted by molar-refractivity contribution is 0.596. The highest BCUT2D eigenvalue weighted by Crippen LogP contribution is 2.29. The zero-order valence-electron chi connectivity index (χ0n) is 12.8. The van der Waals surface area contributed by atoms with Gasteiger partial charge in [0.15, 0.2) is 0 Å². The quantitative estimate of drug-likeness (QED) is 0.850.